The number of carbonyl (C=O) groups excluding carboxylic acids is 13. The Bertz CT molecular complexity index is 3390. The number of nitrogens with one attached hydrogen (secondary N) is 14. The maximum atomic E-state index is 14.7. The molecule has 0 spiro atoms. The van der Waals surface area contributed by atoms with Crippen LogP contribution in [0.4, 0.5) is 0 Å². The number of thioether (sulfide) groups is 1. The number of hydrogen-bond acceptors (Lipinski definition) is 28. The Morgan fingerprint density at radius 1 is 0.538 bits per heavy atom. The minimum Gasteiger partial charge on any atom is -0.481 e. The summed E-state index contributed by atoms with van der Waals surface area (Å²) in [7, 11) is 1.81. The molecule has 0 aromatic heterocycles. The number of nitrogens with two attached hydrogens (primary N) is 3. The molecule has 41 nitrogen and oxygen atoms in total. The molecule has 659 valence electrons. The summed E-state index contributed by atoms with van der Waals surface area (Å²) >= 11 is 0.882. The topological polar surface area (TPSA) is 620 Å². The molecule has 1 aromatic carbocycles. The van der Waals surface area contributed by atoms with Crippen LogP contribution in [0, 0.1) is 5.92 Å². The number of carbonyl (C=O) groups is 14. The Balaban J connectivity index is 0.0000464. The smallest absolute Gasteiger partial charge is 0.305 e. The van der Waals surface area contributed by atoms with Crippen molar-refractivity contribution >= 4 is 133 Å². The number of aliphatic carboxylic acids is 1. The number of amides is 13. The molecule has 0 unspecified atom stereocenters. The predicted octanol–water partition coefficient (Wildman–Crippen LogP) is -4.01. The van der Waals surface area contributed by atoms with Crippen molar-refractivity contribution in [2.75, 3.05) is 128 Å². The summed E-state index contributed by atoms with van der Waals surface area (Å²) in [6.45, 7) is 11.9. The third-order valence-electron chi connectivity index (χ3n) is 18.2. The van der Waals surface area contributed by atoms with Gasteiger partial charge in [0, 0.05) is 89.4 Å². The van der Waals surface area contributed by atoms with Gasteiger partial charge in [0.15, 0.2) is 5.96 Å². The third kappa shape index (κ3) is 46.4. The molecule has 2 fully saturated rings. The number of carboxylic acid groups (broad SMARTS) is 1. The number of unbranched alkanes of at least 4 members (excludes halogenated alkanes) is 1. The number of aliphatic imine (C=N–C) groups is 1. The molecule has 2 bridgehead atoms. The van der Waals surface area contributed by atoms with Crippen LogP contribution in [0.15, 0.2) is 45.6 Å². The molecule has 2 heterocycles. The number of ether oxygens (including phenoxy) is 4. The first-order chi connectivity index (χ1) is 55.2. The first-order valence-corrected chi connectivity index (χ1v) is 41.9. The molecule has 2 aliphatic heterocycles. The number of guanidine groups is 1. The zero-order chi connectivity index (χ0) is 85.9. The van der Waals surface area contributed by atoms with Crippen molar-refractivity contribution in [2.45, 2.75) is 178 Å². The molecular weight excluding hydrogens is 1680 g/mol. The Morgan fingerprint density at radius 2 is 1.04 bits per heavy atom. The predicted molar refractivity (Wildman–Crippen MR) is 435 cm³/mol. The average Bonchev–Trinajstić information content (AvgIpc) is 1.28. The molecule has 3 rings (SSSR count). The first-order valence-electron chi connectivity index (χ1n) is 38.3. The van der Waals surface area contributed by atoms with Crippen LogP contribution >= 0.6 is 33.3 Å². The van der Waals surface area contributed by atoms with E-state index < -0.39 is 150 Å². The summed E-state index contributed by atoms with van der Waals surface area (Å²) in [4.78, 5) is 194. The van der Waals surface area contributed by atoms with Gasteiger partial charge in [-0.25, -0.2) is 0 Å². The molecule has 2 saturated heterocycles. The van der Waals surface area contributed by atoms with Crippen molar-refractivity contribution in [3.05, 3.63) is 35.9 Å². The summed E-state index contributed by atoms with van der Waals surface area (Å²) in [6, 6.07) is -2.37. The van der Waals surface area contributed by atoms with Crippen molar-refractivity contribution in [1.29, 1.82) is 0 Å². The van der Waals surface area contributed by atoms with Gasteiger partial charge >= 0.3 is 5.97 Å². The van der Waals surface area contributed by atoms with Crippen LogP contribution < -0.4 is 91.6 Å². The molecular formula is C72H120N20O21S3Tc. The van der Waals surface area contributed by atoms with Gasteiger partial charge in [-0.1, -0.05) is 62.2 Å². The normalized spacial score (nSPS) is 19.7. The monoisotopic (exact) mass is 1800 g/mol. The maximum absolute atomic E-state index is 14.7. The molecule has 0 saturated carbocycles. The molecule has 2 aliphatic rings. The van der Waals surface area contributed by atoms with Gasteiger partial charge < -0.3 is 126 Å². The van der Waals surface area contributed by atoms with E-state index in [4.69, 9.17) is 36.1 Å². The molecule has 13 amide bonds. The van der Waals surface area contributed by atoms with Crippen LogP contribution in [-0.4, -0.2) is 297 Å². The molecule has 0 aliphatic carbocycles. The van der Waals surface area contributed by atoms with E-state index in [0.717, 1.165) is 46.2 Å². The van der Waals surface area contributed by atoms with Gasteiger partial charge in [0.25, 0.3) is 0 Å². The second-order valence-corrected chi connectivity index (χ2v) is 31.9. The van der Waals surface area contributed by atoms with Crippen molar-refractivity contribution < 1.29 is 122 Å². The minimum atomic E-state index is -1.85. The Labute approximate surface area is 706 Å². The van der Waals surface area contributed by atoms with Gasteiger partial charge in [-0.2, -0.15) is 0 Å². The van der Waals surface area contributed by atoms with E-state index in [1.807, 2.05) is 27.7 Å². The van der Waals surface area contributed by atoms with Gasteiger partial charge in [0.05, 0.1) is 80.9 Å². The zero-order valence-electron chi connectivity index (χ0n) is 67.2. The van der Waals surface area contributed by atoms with Crippen molar-refractivity contribution in [3.63, 3.8) is 0 Å². The Morgan fingerprint density at radius 3 is 1.61 bits per heavy atom. The summed E-state index contributed by atoms with van der Waals surface area (Å²) < 4.78 is 21.5. The second kappa shape index (κ2) is 59.2. The Hall–Kier alpha value is -8.53. The summed E-state index contributed by atoms with van der Waals surface area (Å²) in [5.41, 5.74) is 16.5. The standard InChI is InChI=1S/C72H120N20O21S3.Tc/c1-45(91-108)71(3,4)82-26-21-47(22-27-83-72(5,6)46(2)92-109)20-25-77-58(95)19-12-18-57(94)76-23-11-10-16-50-65(103)89-54-42-115-116-43-55(90-67(105)52(37-62(99)100)85-59(96)38-81-63(101)49(86-68(54)106)17-13-24-80-70(74)75)69(107)87-51(36-48-14-8-7-9-15-48)66(104)88-53(41-114-44-61(98)84-50)64(102)79-29-31-111-33-35-112-34-32-110-30-28-78-60(97)40-113-39-56(73)93;/h7-9,14-15,47,49-55,82-83,108-109H,10-13,16-44H2,1-6H3,(H2,73,93)(H,76,94)(H,77,95)(H,78,97)(H,79,102)(H,81,101)(H,84,98)(H,85,96)(H,86,106)(H,87,107)(H,88,104)(H,89,103)(H,90,105)(H,99,100)(H4,74,75,80);/t47?,49-,50-,51-,52-,53-,54-,55-;/m0./s1/i;1+1. The number of oxime groups is 2. The SMILES string of the molecule is CC(=NO)C(C)(C)NCCC(CCNC(=O)CCCC(=O)NCCCC[C@@H]1NC(=O)CSC[C@@H](C(=O)NCCOCCOCCOCCNC(=O)COCC(N)=O)NC(=O)[C@H](Cc2ccccc2)NC(=O)[C@@H]2CSSC[C@H](NC1=O)C(=O)N[C@@H](CCCN=C(N)N)C(=O)NCC(=O)N[C@@H](CC(=O)O)C(=O)N2)CCNC(C)(C)C(C)=NO.[99Tc]. The molecule has 7 atom stereocenters. The number of rotatable bonds is 47. The van der Waals surface area contributed by atoms with Crippen molar-refractivity contribution in [1.82, 2.24) is 74.4 Å². The number of nitrogens with zero attached hydrogens (tertiary/aromatic N) is 3. The molecule has 117 heavy (non-hydrogen) atoms. The fraction of sp³-hybridized carbons (Fsp3) is 0.681. The third-order valence-corrected chi connectivity index (χ3v) is 21.6. The van der Waals surface area contributed by atoms with Crippen LogP contribution in [0.25, 0.3) is 0 Å². The van der Waals surface area contributed by atoms with E-state index in [1.165, 1.54) is 0 Å². The van der Waals surface area contributed by atoms with E-state index >= 15 is 0 Å². The maximum Gasteiger partial charge on any atom is 0.305 e. The Kier molecular flexibility index (Phi) is 52.9. The zero-order valence-corrected chi connectivity index (χ0v) is 71.5. The van der Waals surface area contributed by atoms with Crippen LogP contribution in [-0.2, 0) is 113 Å². The van der Waals surface area contributed by atoms with Crippen LogP contribution in [0.2, 0.25) is 0 Å². The molecule has 1 radical (unpaired) electrons. The number of fused-ring (bicyclic) bond motifs is 5. The molecule has 23 N–H and O–H groups in total. The number of benzene rings is 1. The van der Waals surface area contributed by atoms with Crippen molar-refractivity contribution in [2.24, 2.45) is 38.4 Å². The fourth-order valence-electron chi connectivity index (χ4n) is 11.0. The fourth-order valence-corrected chi connectivity index (χ4v) is 14.1. The van der Waals surface area contributed by atoms with E-state index in [9.17, 15) is 82.6 Å². The summed E-state index contributed by atoms with van der Waals surface area (Å²) in [5, 5.41) is 73.8. The van der Waals surface area contributed by atoms with Crippen LogP contribution in [0.3, 0.4) is 0 Å². The van der Waals surface area contributed by atoms with E-state index in [1.54, 1.807) is 44.2 Å². The van der Waals surface area contributed by atoms with Gasteiger partial charge in [-0.3, -0.25) is 72.1 Å². The second-order valence-electron chi connectivity index (χ2n) is 28.3. The average molecular weight is 1800 g/mol. The first kappa shape index (κ1) is 105. The van der Waals surface area contributed by atoms with Gasteiger partial charge in [-0.05, 0) is 124 Å². The van der Waals surface area contributed by atoms with Gasteiger partial charge in [-0.15, -0.1) is 11.8 Å². The number of hydrogen-bond donors (Lipinski definition) is 20. The summed E-state index contributed by atoms with van der Waals surface area (Å²) in [6.07, 6.45) is 1.53. The molecule has 1 aromatic rings. The quantitative estimate of drug-likeness (QED) is 0.00738. The van der Waals surface area contributed by atoms with Crippen LogP contribution in [0.1, 0.15) is 124 Å². The van der Waals surface area contributed by atoms with E-state index in [0.29, 0.717) is 43.0 Å². The van der Waals surface area contributed by atoms with Crippen LogP contribution in [0.5, 0.6) is 0 Å². The van der Waals surface area contributed by atoms with Crippen molar-refractivity contribution in [3.8, 4) is 0 Å². The summed E-state index contributed by atoms with van der Waals surface area (Å²) in [5.74, 6) is -13.2. The number of carboxylic acids is 1. The largest absolute Gasteiger partial charge is 0.481 e. The van der Waals surface area contributed by atoms with E-state index in [2.05, 4.69) is 89.7 Å². The van der Waals surface area contributed by atoms with E-state index in [-0.39, 0.29) is 191 Å². The molecule has 45 heteroatoms. The van der Waals surface area contributed by atoms with Gasteiger partial charge in [0.2, 0.25) is 76.8 Å². The minimum absolute atomic E-state index is 0. The number of primary amides is 1. The van der Waals surface area contributed by atoms with Gasteiger partial charge in [0.1, 0.15) is 55.5 Å².